The van der Waals surface area contributed by atoms with Gasteiger partial charge in [-0.1, -0.05) is 48.9 Å². The van der Waals surface area contributed by atoms with E-state index in [4.69, 9.17) is 28.9 Å². The Morgan fingerprint density at radius 3 is 2.05 bits per heavy atom. The van der Waals surface area contributed by atoms with Crippen molar-refractivity contribution in [2.75, 3.05) is 5.73 Å². The number of hydrogen-bond donors (Lipinski definition) is 2. The third kappa shape index (κ3) is 3.79. The number of sulfonamides is 1. The summed E-state index contributed by atoms with van der Waals surface area (Å²) in [6, 6.07) is 2.75. The SMILES string of the molecule is Nc1cc(Cl)c(S(=O)(=O)NC2CCCCCC2)c(Cl)c1. The van der Waals surface area contributed by atoms with Crippen molar-refractivity contribution in [1.82, 2.24) is 4.72 Å². The van der Waals surface area contributed by atoms with E-state index >= 15 is 0 Å². The van der Waals surface area contributed by atoms with Gasteiger partial charge in [0.1, 0.15) is 4.90 Å². The zero-order chi connectivity index (χ0) is 14.8. The second kappa shape index (κ2) is 6.52. The molecule has 0 unspecified atom stereocenters. The number of hydrogen-bond acceptors (Lipinski definition) is 3. The largest absolute Gasteiger partial charge is 0.399 e. The summed E-state index contributed by atoms with van der Waals surface area (Å²) in [6.45, 7) is 0. The Morgan fingerprint density at radius 1 is 1.05 bits per heavy atom. The molecule has 2 rings (SSSR count). The maximum Gasteiger partial charge on any atom is 0.243 e. The monoisotopic (exact) mass is 336 g/mol. The molecule has 1 aliphatic carbocycles. The summed E-state index contributed by atoms with van der Waals surface area (Å²) in [5.74, 6) is 0. The lowest BCUT2D eigenvalue weighted by Gasteiger charge is -2.18. The van der Waals surface area contributed by atoms with Crippen LogP contribution >= 0.6 is 23.2 Å². The van der Waals surface area contributed by atoms with Gasteiger partial charge < -0.3 is 5.73 Å². The topological polar surface area (TPSA) is 72.2 Å². The highest BCUT2D eigenvalue weighted by molar-refractivity contribution is 7.89. The molecule has 7 heteroatoms. The molecule has 1 aromatic rings. The van der Waals surface area contributed by atoms with Gasteiger partial charge in [0.15, 0.2) is 0 Å². The molecule has 0 radical (unpaired) electrons. The third-order valence-corrected chi connectivity index (χ3v) is 5.91. The van der Waals surface area contributed by atoms with Gasteiger partial charge in [-0.25, -0.2) is 13.1 Å². The molecule has 0 saturated heterocycles. The molecule has 112 valence electrons. The molecule has 3 N–H and O–H groups in total. The molecule has 0 aliphatic heterocycles. The fourth-order valence-corrected chi connectivity index (χ4v) is 5.05. The van der Waals surface area contributed by atoms with E-state index in [9.17, 15) is 8.42 Å². The Morgan fingerprint density at radius 2 is 1.55 bits per heavy atom. The Kier molecular flexibility index (Phi) is 5.18. The lowest BCUT2D eigenvalue weighted by Crippen LogP contribution is -2.34. The minimum Gasteiger partial charge on any atom is -0.399 e. The zero-order valence-corrected chi connectivity index (χ0v) is 13.4. The standard InChI is InChI=1S/C13H18Cl2N2O2S/c14-11-7-9(16)8-12(15)13(11)20(18,19)17-10-5-3-1-2-4-6-10/h7-8,10,17H,1-6,16H2. The second-order valence-corrected chi connectivity index (χ2v) is 7.59. The summed E-state index contributed by atoms with van der Waals surface area (Å²) in [6.07, 6.45) is 6.09. The maximum atomic E-state index is 12.4. The van der Waals surface area contributed by atoms with E-state index in [0.717, 1.165) is 38.5 Å². The molecule has 1 fully saturated rings. The molecular weight excluding hydrogens is 319 g/mol. The minimum absolute atomic E-state index is 0.0489. The van der Waals surface area contributed by atoms with E-state index in [0.29, 0.717) is 5.69 Å². The van der Waals surface area contributed by atoms with Gasteiger partial charge in [0, 0.05) is 11.7 Å². The van der Waals surface area contributed by atoms with Crippen molar-refractivity contribution in [1.29, 1.82) is 0 Å². The van der Waals surface area contributed by atoms with E-state index < -0.39 is 10.0 Å². The van der Waals surface area contributed by atoms with Gasteiger partial charge in [-0.05, 0) is 25.0 Å². The Balaban J connectivity index is 2.26. The molecule has 4 nitrogen and oxygen atoms in total. The molecule has 0 spiro atoms. The predicted molar refractivity (Wildman–Crippen MR) is 82.7 cm³/mol. The van der Waals surface area contributed by atoms with Crippen LogP contribution in [0, 0.1) is 0 Å². The van der Waals surface area contributed by atoms with Crippen molar-refractivity contribution in [3.63, 3.8) is 0 Å². The predicted octanol–water partition coefficient (Wildman–Crippen LogP) is 3.58. The third-order valence-electron chi connectivity index (χ3n) is 3.47. The number of nitrogen functional groups attached to an aromatic ring is 1. The van der Waals surface area contributed by atoms with Crippen LogP contribution in [0.1, 0.15) is 38.5 Å². The van der Waals surface area contributed by atoms with Crippen LogP contribution in [0.2, 0.25) is 10.0 Å². The van der Waals surface area contributed by atoms with Gasteiger partial charge in [0.05, 0.1) is 10.0 Å². The van der Waals surface area contributed by atoms with E-state index in [1.54, 1.807) is 0 Å². The minimum atomic E-state index is -3.72. The molecule has 1 saturated carbocycles. The Bertz CT molecular complexity index is 559. The van der Waals surface area contributed by atoms with Crippen LogP contribution < -0.4 is 10.5 Å². The molecule has 20 heavy (non-hydrogen) atoms. The fourth-order valence-electron chi connectivity index (χ4n) is 2.51. The maximum absolute atomic E-state index is 12.4. The second-order valence-electron chi connectivity index (χ2n) is 5.12. The van der Waals surface area contributed by atoms with Crippen molar-refractivity contribution in [2.24, 2.45) is 0 Å². The number of halogens is 2. The van der Waals surface area contributed by atoms with E-state index in [1.165, 1.54) is 12.1 Å². The molecule has 0 amide bonds. The molecule has 1 aromatic carbocycles. The number of nitrogens with two attached hydrogens (primary N) is 1. The molecular formula is C13H18Cl2N2O2S. The van der Waals surface area contributed by atoms with Gasteiger partial charge in [0.2, 0.25) is 10.0 Å². The summed E-state index contributed by atoms with van der Waals surface area (Å²) >= 11 is 12.0. The van der Waals surface area contributed by atoms with Crippen LogP contribution in [0.15, 0.2) is 17.0 Å². The van der Waals surface area contributed by atoms with Gasteiger partial charge in [-0.2, -0.15) is 0 Å². The highest BCUT2D eigenvalue weighted by Gasteiger charge is 2.26. The first-order valence-corrected chi connectivity index (χ1v) is 8.91. The zero-order valence-electron chi connectivity index (χ0n) is 11.0. The molecule has 0 heterocycles. The normalized spacial score (nSPS) is 17.9. The first-order chi connectivity index (χ1) is 9.40. The molecule has 0 aromatic heterocycles. The van der Waals surface area contributed by atoms with Crippen LogP contribution in [0.3, 0.4) is 0 Å². The summed E-state index contributed by atoms with van der Waals surface area (Å²) in [5.41, 5.74) is 5.93. The van der Waals surface area contributed by atoms with E-state index in [2.05, 4.69) is 4.72 Å². The van der Waals surface area contributed by atoms with Crippen LogP contribution in [0.4, 0.5) is 5.69 Å². The van der Waals surface area contributed by atoms with Gasteiger partial charge in [-0.3, -0.25) is 0 Å². The number of nitrogens with one attached hydrogen (secondary N) is 1. The number of benzene rings is 1. The highest BCUT2D eigenvalue weighted by Crippen LogP contribution is 2.32. The smallest absolute Gasteiger partial charge is 0.243 e. The van der Waals surface area contributed by atoms with Crippen LogP contribution in [0.5, 0.6) is 0 Å². The fraction of sp³-hybridized carbons (Fsp3) is 0.538. The lowest BCUT2D eigenvalue weighted by atomic mass is 10.1. The summed E-state index contributed by atoms with van der Waals surface area (Å²) in [4.78, 5) is -0.0840. The summed E-state index contributed by atoms with van der Waals surface area (Å²) in [7, 11) is -3.72. The number of rotatable bonds is 3. The lowest BCUT2D eigenvalue weighted by molar-refractivity contribution is 0.510. The quantitative estimate of drug-likeness (QED) is 0.654. The number of anilines is 1. The van der Waals surface area contributed by atoms with Crippen molar-refractivity contribution < 1.29 is 8.42 Å². The Hall–Kier alpha value is -0.490. The summed E-state index contributed by atoms with van der Waals surface area (Å²) in [5, 5.41) is 0.104. The first-order valence-electron chi connectivity index (χ1n) is 6.67. The molecule has 0 atom stereocenters. The molecule has 0 bridgehead atoms. The van der Waals surface area contributed by atoms with E-state index in [1.807, 2.05) is 0 Å². The van der Waals surface area contributed by atoms with Crippen LogP contribution in [-0.4, -0.2) is 14.5 Å². The molecule has 1 aliphatic rings. The van der Waals surface area contributed by atoms with E-state index in [-0.39, 0.29) is 21.0 Å². The van der Waals surface area contributed by atoms with Crippen LogP contribution in [0.25, 0.3) is 0 Å². The van der Waals surface area contributed by atoms with Gasteiger partial charge in [-0.15, -0.1) is 0 Å². The average molecular weight is 337 g/mol. The van der Waals surface area contributed by atoms with Crippen LogP contribution in [-0.2, 0) is 10.0 Å². The van der Waals surface area contributed by atoms with Gasteiger partial charge >= 0.3 is 0 Å². The van der Waals surface area contributed by atoms with Crippen molar-refractivity contribution in [3.05, 3.63) is 22.2 Å². The first kappa shape index (κ1) is 15.9. The average Bonchev–Trinajstić information content (AvgIpc) is 2.54. The van der Waals surface area contributed by atoms with Crippen molar-refractivity contribution in [3.8, 4) is 0 Å². The van der Waals surface area contributed by atoms with Gasteiger partial charge in [0.25, 0.3) is 0 Å². The highest BCUT2D eigenvalue weighted by atomic mass is 35.5. The van der Waals surface area contributed by atoms with Crippen molar-refractivity contribution >= 4 is 38.9 Å². The Labute approximate surface area is 129 Å². The summed E-state index contributed by atoms with van der Waals surface area (Å²) < 4.78 is 27.6. The van der Waals surface area contributed by atoms with Crippen molar-refractivity contribution in [2.45, 2.75) is 49.5 Å².